The van der Waals surface area contributed by atoms with E-state index in [0.717, 1.165) is 20.3 Å². The van der Waals surface area contributed by atoms with Crippen LogP contribution in [0.5, 0.6) is 5.75 Å². The van der Waals surface area contributed by atoms with Crippen molar-refractivity contribution in [1.82, 2.24) is 5.32 Å². The summed E-state index contributed by atoms with van der Waals surface area (Å²) in [5, 5.41) is 13.1. The Morgan fingerprint density at radius 1 is 1.10 bits per heavy atom. The third kappa shape index (κ3) is 5.79. The standard InChI is InChI=1S/C16H17Br2NO2/c17-13-5-3-6-15(8-13)21-11-14(20)10-19-9-12-4-1-2-7-16(12)18/h1-8,14,19-20H,9-11H2. The molecular weight excluding hydrogens is 398 g/mol. The van der Waals surface area contributed by atoms with E-state index in [-0.39, 0.29) is 6.61 Å². The van der Waals surface area contributed by atoms with Gasteiger partial charge in [-0.2, -0.15) is 0 Å². The lowest BCUT2D eigenvalue weighted by atomic mass is 10.2. The maximum atomic E-state index is 9.92. The fourth-order valence-corrected chi connectivity index (χ4v) is 2.63. The molecule has 0 amide bonds. The van der Waals surface area contributed by atoms with Gasteiger partial charge in [0.1, 0.15) is 18.5 Å². The summed E-state index contributed by atoms with van der Waals surface area (Å²) in [5.74, 6) is 0.745. The summed E-state index contributed by atoms with van der Waals surface area (Å²) in [6.45, 7) is 1.45. The molecule has 0 aliphatic heterocycles. The summed E-state index contributed by atoms with van der Waals surface area (Å²) < 4.78 is 7.57. The van der Waals surface area contributed by atoms with Gasteiger partial charge in [0.2, 0.25) is 0 Å². The Kier molecular flexibility index (Phi) is 6.70. The van der Waals surface area contributed by atoms with Crippen molar-refractivity contribution in [2.24, 2.45) is 0 Å². The summed E-state index contributed by atoms with van der Waals surface area (Å²) in [6.07, 6.45) is -0.550. The SMILES string of the molecule is OC(CNCc1ccccc1Br)COc1cccc(Br)c1. The van der Waals surface area contributed by atoms with Crippen molar-refractivity contribution >= 4 is 31.9 Å². The third-order valence-electron chi connectivity index (χ3n) is 2.89. The zero-order valence-corrected chi connectivity index (χ0v) is 14.6. The molecule has 112 valence electrons. The molecule has 2 rings (SSSR count). The topological polar surface area (TPSA) is 41.5 Å². The van der Waals surface area contributed by atoms with E-state index in [0.29, 0.717) is 13.1 Å². The van der Waals surface area contributed by atoms with E-state index in [2.05, 4.69) is 37.2 Å². The lowest BCUT2D eigenvalue weighted by Gasteiger charge is -2.14. The first kappa shape index (κ1) is 16.5. The number of hydrogen-bond donors (Lipinski definition) is 2. The van der Waals surface area contributed by atoms with E-state index in [9.17, 15) is 5.11 Å². The molecule has 0 radical (unpaired) electrons. The second kappa shape index (κ2) is 8.54. The summed E-state index contributed by atoms with van der Waals surface area (Å²) in [6, 6.07) is 15.6. The quantitative estimate of drug-likeness (QED) is 0.725. The van der Waals surface area contributed by atoms with E-state index in [1.165, 1.54) is 0 Å². The Morgan fingerprint density at radius 2 is 1.90 bits per heavy atom. The fraction of sp³-hybridized carbons (Fsp3) is 0.250. The number of nitrogens with one attached hydrogen (secondary N) is 1. The minimum absolute atomic E-state index is 0.263. The smallest absolute Gasteiger partial charge is 0.120 e. The van der Waals surface area contributed by atoms with Crippen LogP contribution in [0, 0.1) is 0 Å². The predicted molar refractivity (Wildman–Crippen MR) is 91.5 cm³/mol. The molecule has 0 bridgehead atoms. The zero-order valence-electron chi connectivity index (χ0n) is 11.4. The zero-order chi connectivity index (χ0) is 15.1. The molecule has 5 heteroatoms. The van der Waals surface area contributed by atoms with Crippen LogP contribution >= 0.6 is 31.9 Å². The monoisotopic (exact) mass is 413 g/mol. The molecule has 0 saturated heterocycles. The van der Waals surface area contributed by atoms with Gasteiger partial charge in [0.05, 0.1) is 0 Å². The van der Waals surface area contributed by atoms with Crippen molar-refractivity contribution in [2.75, 3.05) is 13.2 Å². The van der Waals surface area contributed by atoms with E-state index in [1.54, 1.807) is 0 Å². The molecule has 1 unspecified atom stereocenters. The number of rotatable bonds is 7. The Morgan fingerprint density at radius 3 is 2.67 bits per heavy atom. The van der Waals surface area contributed by atoms with Gasteiger partial charge in [0, 0.05) is 22.0 Å². The van der Waals surface area contributed by atoms with Crippen molar-refractivity contribution in [3.8, 4) is 5.75 Å². The van der Waals surface area contributed by atoms with Gasteiger partial charge in [0.25, 0.3) is 0 Å². The van der Waals surface area contributed by atoms with E-state index >= 15 is 0 Å². The lowest BCUT2D eigenvalue weighted by Crippen LogP contribution is -2.31. The Bertz CT molecular complexity index is 578. The molecule has 2 aromatic carbocycles. The maximum Gasteiger partial charge on any atom is 0.120 e. The molecule has 2 aromatic rings. The minimum atomic E-state index is -0.550. The Balaban J connectivity index is 1.70. The molecular formula is C16H17Br2NO2. The first-order valence-corrected chi connectivity index (χ1v) is 8.24. The lowest BCUT2D eigenvalue weighted by molar-refractivity contribution is 0.106. The highest BCUT2D eigenvalue weighted by atomic mass is 79.9. The number of aliphatic hydroxyl groups is 1. The number of ether oxygens (including phenoxy) is 1. The second-order valence-electron chi connectivity index (χ2n) is 4.64. The highest BCUT2D eigenvalue weighted by Crippen LogP contribution is 2.18. The molecule has 2 N–H and O–H groups in total. The van der Waals surface area contributed by atoms with Gasteiger partial charge in [-0.3, -0.25) is 0 Å². The maximum absolute atomic E-state index is 9.92. The third-order valence-corrected chi connectivity index (χ3v) is 4.16. The van der Waals surface area contributed by atoms with E-state index in [1.807, 2.05) is 48.5 Å². The summed E-state index contributed by atoms with van der Waals surface area (Å²) in [5.41, 5.74) is 1.16. The van der Waals surface area contributed by atoms with Gasteiger partial charge in [-0.15, -0.1) is 0 Å². The molecule has 0 saturated carbocycles. The van der Waals surface area contributed by atoms with Crippen LogP contribution in [0.15, 0.2) is 57.5 Å². The van der Waals surface area contributed by atoms with E-state index < -0.39 is 6.10 Å². The van der Waals surface area contributed by atoms with Gasteiger partial charge >= 0.3 is 0 Å². The van der Waals surface area contributed by atoms with Gasteiger partial charge in [-0.05, 0) is 29.8 Å². The molecule has 3 nitrogen and oxygen atoms in total. The molecule has 0 fully saturated rings. The highest BCUT2D eigenvalue weighted by molar-refractivity contribution is 9.10. The van der Waals surface area contributed by atoms with Crippen LogP contribution in [0.4, 0.5) is 0 Å². The first-order chi connectivity index (χ1) is 10.1. The minimum Gasteiger partial charge on any atom is -0.491 e. The van der Waals surface area contributed by atoms with Crippen LogP contribution in [-0.4, -0.2) is 24.4 Å². The van der Waals surface area contributed by atoms with Crippen molar-refractivity contribution < 1.29 is 9.84 Å². The average Bonchev–Trinajstić information content (AvgIpc) is 2.47. The summed E-state index contributed by atoms with van der Waals surface area (Å²) in [7, 11) is 0. The number of halogens is 2. The number of aliphatic hydroxyl groups excluding tert-OH is 1. The average molecular weight is 415 g/mol. The molecule has 1 atom stereocenters. The Hall–Kier alpha value is -0.880. The Labute approximate surface area is 141 Å². The molecule has 21 heavy (non-hydrogen) atoms. The second-order valence-corrected chi connectivity index (χ2v) is 6.41. The van der Waals surface area contributed by atoms with Crippen LogP contribution < -0.4 is 10.1 Å². The molecule has 0 aliphatic rings. The van der Waals surface area contributed by atoms with Crippen LogP contribution in [0.3, 0.4) is 0 Å². The van der Waals surface area contributed by atoms with Crippen LogP contribution in [0.25, 0.3) is 0 Å². The highest BCUT2D eigenvalue weighted by Gasteiger charge is 2.06. The summed E-state index contributed by atoms with van der Waals surface area (Å²) >= 11 is 6.88. The molecule has 0 aliphatic carbocycles. The van der Waals surface area contributed by atoms with Crippen LogP contribution in [-0.2, 0) is 6.54 Å². The van der Waals surface area contributed by atoms with Crippen molar-refractivity contribution in [3.63, 3.8) is 0 Å². The van der Waals surface area contributed by atoms with Crippen molar-refractivity contribution in [2.45, 2.75) is 12.6 Å². The number of benzene rings is 2. The van der Waals surface area contributed by atoms with Crippen LogP contribution in [0.2, 0.25) is 0 Å². The van der Waals surface area contributed by atoms with Crippen molar-refractivity contribution in [1.29, 1.82) is 0 Å². The van der Waals surface area contributed by atoms with Gasteiger partial charge in [0.15, 0.2) is 0 Å². The van der Waals surface area contributed by atoms with Crippen LogP contribution in [0.1, 0.15) is 5.56 Å². The first-order valence-electron chi connectivity index (χ1n) is 6.65. The van der Waals surface area contributed by atoms with Gasteiger partial charge in [-0.25, -0.2) is 0 Å². The molecule has 0 spiro atoms. The molecule has 0 aromatic heterocycles. The predicted octanol–water partition coefficient (Wildman–Crippen LogP) is 3.74. The summed E-state index contributed by atoms with van der Waals surface area (Å²) in [4.78, 5) is 0. The molecule has 0 heterocycles. The van der Waals surface area contributed by atoms with Crippen molar-refractivity contribution in [3.05, 3.63) is 63.0 Å². The van der Waals surface area contributed by atoms with E-state index in [4.69, 9.17) is 4.74 Å². The fourth-order valence-electron chi connectivity index (χ4n) is 1.82. The van der Waals surface area contributed by atoms with Gasteiger partial charge in [-0.1, -0.05) is 56.1 Å². The van der Waals surface area contributed by atoms with Gasteiger partial charge < -0.3 is 15.2 Å². The normalized spacial score (nSPS) is 12.1. The number of hydrogen-bond acceptors (Lipinski definition) is 3. The largest absolute Gasteiger partial charge is 0.491 e.